The Hall–Kier alpha value is -3.37. The number of hydrogen-bond acceptors (Lipinski definition) is 4. The third-order valence-corrected chi connectivity index (χ3v) is 5.77. The number of aryl methyl sites for hydroxylation is 1. The van der Waals surface area contributed by atoms with Crippen molar-refractivity contribution in [3.8, 4) is 16.9 Å². The fraction of sp³-hybridized carbons (Fsp3) is 0.276. The summed E-state index contributed by atoms with van der Waals surface area (Å²) in [5.74, 6) is 0.466. The molecule has 170 valence electrons. The van der Waals surface area contributed by atoms with Crippen LogP contribution in [0.2, 0.25) is 0 Å². The molecule has 1 unspecified atom stereocenters. The number of benzene rings is 3. The molecule has 4 heteroatoms. The van der Waals surface area contributed by atoms with Gasteiger partial charge in [-0.15, -0.1) is 0 Å². The summed E-state index contributed by atoms with van der Waals surface area (Å²) in [7, 11) is 0. The van der Waals surface area contributed by atoms with Crippen molar-refractivity contribution >= 4 is 11.5 Å². The zero-order chi connectivity index (χ0) is 23.2. The average Bonchev–Trinajstić information content (AvgIpc) is 3.13. The van der Waals surface area contributed by atoms with Crippen LogP contribution in [0.4, 0.5) is 0 Å². The molecule has 0 fully saturated rings. The Morgan fingerprint density at radius 2 is 1.61 bits per heavy atom. The molecular formula is C29H30O4. The highest BCUT2D eigenvalue weighted by Crippen LogP contribution is 2.44. The zero-order valence-corrected chi connectivity index (χ0v) is 19.5. The second kappa shape index (κ2) is 10.5. The minimum absolute atomic E-state index is 0.321. The number of fused-ring (bicyclic) bond motifs is 3. The first-order valence-corrected chi connectivity index (χ1v) is 11.5. The van der Waals surface area contributed by atoms with E-state index in [2.05, 4.69) is 55.5 Å². The summed E-state index contributed by atoms with van der Waals surface area (Å²) in [6.45, 7) is 7.08. The van der Waals surface area contributed by atoms with Gasteiger partial charge in [-0.1, -0.05) is 60.2 Å². The van der Waals surface area contributed by atoms with Gasteiger partial charge in [0.05, 0.1) is 6.61 Å². The number of ether oxygens (including phenoxy) is 3. The number of hydrogen-bond donors (Lipinski definition) is 0. The van der Waals surface area contributed by atoms with E-state index in [4.69, 9.17) is 14.2 Å². The van der Waals surface area contributed by atoms with Crippen molar-refractivity contribution in [3.63, 3.8) is 0 Å². The summed E-state index contributed by atoms with van der Waals surface area (Å²) in [4.78, 5) is 12.1. The molecule has 1 aliphatic rings. The van der Waals surface area contributed by atoms with Crippen LogP contribution in [-0.4, -0.2) is 31.9 Å². The van der Waals surface area contributed by atoms with E-state index in [1.807, 2.05) is 31.2 Å². The second-order valence-corrected chi connectivity index (χ2v) is 8.07. The van der Waals surface area contributed by atoms with Crippen LogP contribution in [0.1, 0.15) is 36.1 Å². The molecule has 0 aromatic heterocycles. The minimum Gasteiger partial charge on any atom is -0.490 e. The van der Waals surface area contributed by atoms with Gasteiger partial charge in [-0.2, -0.15) is 0 Å². The SMILES string of the molecule is CCOC(=O)C(Cc1ccc(OC/C=C2\c3ccccc3-c3cc(C)ccc32)cc1)OCC. The van der Waals surface area contributed by atoms with Gasteiger partial charge in [0, 0.05) is 13.0 Å². The van der Waals surface area contributed by atoms with E-state index in [0.717, 1.165) is 11.3 Å². The number of carbonyl (C=O) groups excluding carboxylic acids is 1. The van der Waals surface area contributed by atoms with Crippen molar-refractivity contribution in [3.05, 3.63) is 95.1 Å². The molecular weight excluding hydrogens is 412 g/mol. The standard InChI is InChI=1S/C29H30O4/c1-4-31-28(29(30)32-5-2)19-21-11-13-22(14-12-21)33-17-16-26-23-8-6-7-9-24(23)27-18-20(3)10-15-25(26)27/h6-16,18,28H,4-5,17,19H2,1-3H3/b26-16+. The van der Waals surface area contributed by atoms with Crippen molar-refractivity contribution < 1.29 is 19.0 Å². The van der Waals surface area contributed by atoms with Crippen LogP contribution in [0.25, 0.3) is 16.7 Å². The number of esters is 1. The molecule has 0 saturated carbocycles. The largest absolute Gasteiger partial charge is 0.490 e. The lowest BCUT2D eigenvalue weighted by molar-refractivity contribution is -0.156. The Morgan fingerprint density at radius 1 is 0.879 bits per heavy atom. The van der Waals surface area contributed by atoms with Crippen LogP contribution in [0.3, 0.4) is 0 Å². The lowest BCUT2D eigenvalue weighted by Gasteiger charge is -2.15. The first-order chi connectivity index (χ1) is 16.1. The molecule has 0 aliphatic heterocycles. The van der Waals surface area contributed by atoms with Crippen LogP contribution in [0.5, 0.6) is 5.75 Å². The first kappa shape index (κ1) is 22.8. The monoisotopic (exact) mass is 442 g/mol. The highest BCUT2D eigenvalue weighted by molar-refractivity contribution is 6.01. The van der Waals surface area contributed by atoms with Crippen molar-refractivity contribution in [2.75, 3.05) is 19.8 Å². The molecule has 3 aromatic rings. The van der Waals surface area contributed by atoms with Crippen LogP contribution >= 0.6 is 0 Å². The third-order valence-electron chi connectivity index (χ3n) is 5.77. The molecule has 0 heterocycles. The topological polar surface area (TPSA) is 44.8 Å². The van der Waals surface area contributed by atoms with Crippen LogP contribution in [0.15, 0.2) is 72.8 Å². The summed E-state index contributed by atoms with van der Waals surface area (Å²) in [5, 5.41) is 0. The molecule has 0 radical (unpaired) electrons. The van der Waals surface area contributed by atoms with Crippen LogP contribution in [0, 0.1) is 6.92 Å². The van der Waals surface area contributed by atoms with Crippen LogP contribution < -0.4 is 4.74 Å². The molecule has 4 nitrogen and oxygen atoms in total. The fourth-order valence-corrected chi connectivity index (χ4v) is 4.24. The van der Waals surface area contributed by atoms with Crippen LogP contribution in [-0.2, 0) is 20.7 Å². The van der Waals surface area contributed by atoms with Gasteiger partial charge in [-0.05, 0) is 72.4 Å². The molecule has 33 heavy (non-hydrogen) atoms. The second-order valence-electron chi connectivity index (χ2n) is 8.07. The quantitative estimate of drug-likeness (QED) is 0.298. The van der Waals surface area contributed by atoms with Crippen molar-refractivity contribution in [2.24, 2.45) is 0 Å². The Bertz CT molecular complexity index is 1140. The zero-order valence-electron chi connectivity index (χ0n) is 19.5. The highest BCUT2D eigenvalue weighted by atomic mass is 16.6. The van der Waals surface area contributed by atoms with Gasteiger partial charge in [0.25, 0.3) is 0 Å². The van der Waals surface area contributed by atoms with Crippen molar-refractivity contribution in [1.29, 1.82) is 0 Å². The van der Waals surface area contributed by atoms with E-state index in [1.54, 1.807) is 6.92 Å². The van der Waals surface area contributed by atoms with Gasteiger partial charge in [0.1, 0.15) is 12.4 Å². The Morgan fingerprint density at radius 3 is 2.33 bits per heavy atom. The lowest BCUT2D eigenvalue weighted by atomic mass is 10.0. The minimum atomic E-state index is -0.586. The third kappa shape index (κ3) is 5.18. The number of rotatable bonds is 9. The molecule has 1 aliphatic carbocycles. The average molecular weight is 443 g/mol. The lowest BCUT2D eigenvalue weighted by Crippen LogP contribution is -2.28. The number of carbonyl (C=O) groups is 1. The maximum absolute atomic E-state index is 12.1. The molecule has 0 N–H and O–H groups in total. The van der Waals surface area contributed by atoms with Gasteiger partial charge >= 0.3 is 5.97 Å². The summed E-state index contributed by atoms with van der Waals surface area (Å²) in [6.07, 6.45) is 2.04. The molecule has 0 amide bonds. The predicted octanol–water partition coefficient (Wildman–Crippen LogP) is 6.00. The van der Waals surface area contributed by atoms with Gasteiger partial charge < -0.3 is 14.2 Å². The summed E-state index contributed by atoms with van der Waals surface area (Å²) in [5.41, 5.74) is 8.53. The van der Waals surface area contributed by atoms with E-state index in [0.29, 0.717) is 26.2 Å². The summed E-state index contributed by atoms with van der Waals surface area (Å²) in [6, 6.07) is 22.9. The molecule has 0 bridgehead atoms. The van der Waals surface area contributed by atoms with E-state index in [1.165, 1.54) is 33.4 Å². The Balaban J connectivity index is 1.44. The smallest absolute Gasteiger partial charge is 0.335 e. The Labute approximate surface area is 195 Å². The van der Waals surface area contributed by atoms with Gasteiger partial charge in [-0.3, -0.25) is 0 Å². The van der Waals surface area contributed by atoms with Gasteiger partial charge in [0.15, 0.2) is 6.10 Å². The fourth-order valence-electron chi connectivity index (χ4n) is 4.24. The van der Waals surface area contributed by atoms with Gasteiger partial charge in [-0.25, -0.2) is 4.79 Å². The Kier molecular flexibility index (Phi) is 7.26. The first-order valence-electron chi connectivity index (χ1n) is 11.5. The maximum Gasteiger partial charge on any atom is 0.335 e. The van der Waals surface area contributed by atoms with E-state index in [9.17, 15) is 4.79 Å². The van der Waals surface area contributed by atoms with E-state index >= 15 is 0 Å². The maximum atomic E-state index is 12.1. The molecule has 4 rings (SSSR count). The van der Waals surface area contributed by atoms with Gasteiger partial charge in [0.2, 0.25) is 0 Å². The van der Waals surface area contributed by atoms with E-state index < -0.39 is 6.10 Å². The van der Waals surface area contributed by atoms with Crippen molar-refractivity contribution in [1.82, 2.24) is 0 Å². The summed E-state index contributed by atoms with van der Waals surface area (Å²) < 4.78 is 16.7. The molecule has 0 saturated heterocycles. The summed E-state index contributed by atoms with van der Waals surface area (Å²) >= 11 is 0. The highest BCUT2D eigenvalue weighted by Gasteiger charge is 2.23. The van der Waals surface area contributed by atoms with Crippen molar-refractivity contribution in [2.45, 2.75) is 33.3 Å². The predicted molar refractivity (Wildman–Crippen MR) is 131 cm³/mol. The van der Waals surface area contributed by atoms with E-state index in [-0.39, 0.29) is 5.97 Å². The molecule has 1 atom stereocenters. The molecule has 0 spiro atoms. The molecule has 3 aromatic carbocycles. The normalized spacial score (nSPS) is 14.0.